The van der Waals surface area contributed by atoms with Gasteiger partial charge in [-0.15, -0.1) is 17.9 Å². The number of nitrogens with zero attached hydrogens (tertiary/aromatic N) is 2. The van der Waals surface area contributed by atoms with E-state index in [-0.39, 0.29) is 22.8 Å². The van der Waals surface area contributed by atoms with Crippen LogP contribution in [0.4, 0.5) is 0 Å². The fourth-order valence-electron chi connectivity index (χ4n) is 3.88. The van der Waals surface area contributed by atoms with Gasteiger partial charge in [0.05, 0.1) is 10.6 Å². The highest BCUT2D eigenvalue weighted by molar-refractivity contribution is 8.00. The summed E-state index contributed by atoms with van der Waals surface area (Å²) in [5.41, 5.74) is 1.14. The van der Waals surface area contributed by atoms with Crippen molar-refractivity contribution in [3.8, 4) is 0 Å². The fraction of sp³-hybridized carbons (Fsp3) is 0.571. The Morgan fingerprint density at radius 3 is 2.82 bits per heavy atom. The minimum absolute atomic E-state index is 0.00422. The smallest absolute Gasteiger partial charge is 0.263 e. The van der Waals surface area contributed by atoms with Crippen molar-refractivity contribution in [1.29, 1.82) is 0 Å². The van der Waals surface area contributed by atoms with Crippen molar-refractivity contribution in [3.63, 3.8) is 0 Å². The third-order valence-corrected chi connectivity index (χ3v) is 7.60. The second kappa shape index (κ2) is 8.41. The molecule has 4 rings (SSSR count). The molecule has 0 bridgehead atoms. The first-order chi connectivity index (χ1) is 13.6. The minimum Gasteiger partial charge on any atom is -0.352 e. The lowest BCUT2D eigenvalue weighted by Crippen LogP contribution is -2.40. The van der Waals surface area contributed by atoms with E-state index in [9.17, 15) is 9.59 Å². The molecule has 0 unspecified atom stereocenters. The number of carbonyl (C=O) groups excluding carboxylic acids is 1. The predicted molar refractivity (Wildman–Crippen MR) is 116 cm³/mol. The molecule has 150 valence electrons. The summed E-state index contributed by atoms with van der Waals surface area (Å²) < 4.78 is 1.67. The SMILES string of the molecule is C=CCn1c(S[C@H](C)C(=O)NC2CCCCC2)nc2scc(C3CC3)c2c1=O. The van der Waals surface area contributed by atoms with Crippen molar-refractivity contribution in [2.24, 2.45) is 0 Å². The average Bonchev–Trinajstić information content (AvgIpc) is 3.45. The van der Waals surface area contributed by atoms with Gasteiger partial charge in [0.1, 0.15) is 4.83 Å². The van der Waals surface area contributed by atoms with E-state index in [0.717, 1.165) is 41.5 Å². The van der Waals surface area contributed by atoms with Crippen LogP contribution in [0.25, 0.3) is 10.2 Å². The average molecular weight is 418 g/mol. The number of amides is 1. The number of thioether (sulfide) groups is 1. The second-order valence-electron chi connectivity index (χ2n) is 7.85. The number of fused-ring (bicyclic) bond motifs is 1. The fourth-order valence-corrected chi connectivity index (χ4v) is 5.87. The predicted octanol–water partition coefficient (Wildman–Crippen LogP) is 4.45. The van der Waals surface area contributed by atoms with Gasteiger partial charge < -0.3 is 5.32 Å². The van der Waals surface area contributed by atoms with E-state index in [1.807, 2.05) is 6.92 Å². The lowest BCUT2D eigenvalue weighted by molar-refractivity contribution is -0.121. The maximum Gasteiger partial charge on any atom is 0.263 e. The Kier molecular flexibility index (Phi) is 5.92. The van der Waals surface area contributed by atoms with Gasteiger partial charge in [-0.05, 0) is 49.5 Å². The van der Waals surface area contributed by atoms with Gasteiger partial charge >= 0.3 is 0 Å². The highest BCUT2D eigenvalue weighted by atomic mass is 32.2. The van der Waals surface area contributed by atoms with Crippen molar-refractivity contribution in [3.05, 3.63) is 34.0 Å². The molecule has 2 heterocycles. The van der Waals surface area contributed by atoms with Gasteiger partial charge in [-0.3, -0.25) is 14.2 Å². The number of hydrogen-bond acceptors (Lipinski definition) is 5. The standard InChI is InChI=1S/C21H27N3O2S2/c1-3-11-24-20(26)17-16(14-9-10-14)12-27-19(17)23-21(24)28-13(2)18(25)22-15-7-5-4-6-8-15/h3,12-15H,1,4-11H2,2H3,(H,22,25)/t13-/m1/s1. The van der Waals surface area contributed by atoms with E-state index in [0.29, 0.717) is 17.6 Å². The summed E-state index contributed by atoms with van der Waals surface area (Å²) in [7, 11) is 0. The van der Waals surface area contributed by atoms with Gasteiger partial charge in [0.25, 0.3) is 5.56 Å². The molecular weight excluding hydrogens is 390 g/mol. The summed E-state index contributed by atoms with van der Waals surface area (Å²) in [6.45, 7) is 6.09. The van der Waals surface area contributed by atoms with Gasteiger partial charge in [0.15, 0.2) is 5.16 Å². The largest absolute Gasteiger partial charge is 0.352 e. The third-order valence-electron chi connectivity index (χ3n) is 5.62. The first kappa shape index (κ1) is 19.7. The van der Waals surface area contributed by atoms with Crippen molar-refractivity contribution in [2.75, 3.05) is 0 Å². The van der Waals surface area contributed by atoms with Crippen LogP contribution in [0, 0.1) is 0 Å². The monoisotopic (exact) mass is 417 g/mol. The minimum atomic E-state index is -0.301. The van der Waals surface area contributed by atoms with Crippen molar-refractivity contribution in [2.45, 2.75) is 80.8 Å². The Bertz CT molecular complexity index is 939. The summed E-state index contributed by atoms with van der Waals surface area (Å²) in [5, 5.41) is 6.33. The van der Waals surface area contributed by atoms with Crippen molar-refractivity contribution in [1.82, 2.24) is 14.9 Å². The van der Waals surface area contributed by atoms with Crippen LogP contribution in [-0.2, 0) is 11.3 Å². The molecule has 2 fully saturated rings. The molecule has 0 aliphatic heterocycles. The lowest BCUT2D eigenvalue weighted by atomic mass is 9.95. The van der Waals surface area contributed by atoms with Crippen molar-refractivity contribution < 1.29 is 4.79 Å². The molecule has 1 atom stereocenters. The number of allylic oxidation sites excluding steroid dienone is 1. The van der Waals surface area contributed by atoms with Crippen molar-refractivity contribution >= 4 is 39.2 Å². The molecule has 2 aliphatic carbocycles. The van der Waals surface area contributed by atoms with Gasteiger partial charge in [0.2, 0.25) is 5.91 Å². The summed E-state index contributed by atoms with van der Waals surface area (Å²) in [5.74, 6) is 0.542. The molecular formula is C21H27N3O2S2. The highest BCUT2D eigenvalue weighted by Gasteiger charge is 2.29. The van der Waals surface area contributed by atoms with Gasteiger partial charge in [0, 0.05) is 12.6 Å². The molecule has 1 N–H and O–H groups in total. The first-order valence-corrected chi connectivity index (χ1v) is 11.9. The number of hydrogen-bond donors (Lipinski definition) is 1. The molecule has 7 heteroatoms. The third kappa shape index (κ3) is 4.06. The quantitative estimate of drug-likeness (QED) is 0.411. The number of aromatic nitrogens is 2. The number of carbonyl (C=O) groups is 1. The molecule has 0 spiro atoms. The summed E-state index contributed by atoms with van der Waals surface area (Å²) in [4.78, 5) is 31.4. The van der Waals surface area contributed by atoms with Crippen LogP contribution in [0.2, 0.25) is 0 Å². The first-order valence-electron chi connectivity index (χ1n) is 10.2. The normalized spacial score (nSPS) is 18.9. The van der Waals surface area contributed by atoms with Crippen LogP contribution in [0.1, 0.15) is 63.4 Å². The Balaban J connectivity index is 1.58. The van der Waals surface area contributed by atoms with Crippen LogP contribution < -0.4 is 10.9 Å². The topological polar surface area (TPSA) is 64.0 Å². The molecule has 0 aromatic carbocycles. The molecule has 0 saturated heterocycles. The maximum absolute atomic E-state index is 13.2. The Morgan fingerprint density at radius 2 is 2.14 bits per heavy atom. The number of rotatable bonds is 7. The van der Waals surface area contributed by atoms with Crippen LogP contribution in [0.3, 0.4) is 0 Å². The zero-order chi connectivity index (χ0) is 19.7. The molecule has 2 aliphatic rings. The molecule has 2 saturated carbocycles. The molecule has 0 radical (unpaired) electrons. The van der Waals surface area contributed by atoms with Crippen LogP contribution >= 0.6 is 23.1 Å². The van der Waals surface area contributed by atoms with E-state index in [1.54, 1.807) is 10.6 Å². The maximum atomic E-state index is 13.2. The summed E-state index contributed by atoms with van der Waals surface area (Å²) in [6.07, 6.45) is 9.79. The van der Waals surface area contributed by atoms with Gasteiger partial charge in [-0.2, -0.15) is 0 Å². The Hall–Kier alpha value is -1.60. The van der Waals surface area contributed by atoms with Gasteiger partial charge in [-0.25, -0.2) is 4.98 Å². The molecule has 28 heavy (non-hydrogen) atoms. The van der Waals surface area contributed by atoms with Gasteiger partial charge in [-0.1, -0.05) is 37.1 Å². The Morgan fingerprint density at radius 1 is 1.39 bits per heavy atom. The zero-order valence-corrected chi connectivity index (χ0v) is 17.9. The van der Waals surface area contributed by atoms with Crippen LogP contribution in [-0.4, -0.2) is 26.8 Å². The second-order valence-corrected chi connectivity index (χ2v) is 10.0. The molecule has 2 aromatic heterocycles. The van der Waals surface area contributed by atoms with Crippen LogP contribution in [0.5, 0.6) is 0 Å². The van der Waals surface area contributed by atoms with E-state index in [2.05, 4.69) is 17.3 Å². The van der Waals surface area contributed by atoms with Crippen LogP contribution in [0.15, 0.2) is 28.0 Å². The van der Waals surface area contributed by atoms with E-state index >= 15 is 0 Å². The molecule has 1 amide bonds. The van der Waals surface area contributed by atoms with E-state index < -0.39 is 0 Å². The molecule has 2 aromatic rings. The zero-order valence-electron chi connectivity index (χ0n) is 16.3. The molecule has 5 nitrogen and oxygen atoms in total. The lowest BCUT2D eigenvalue weighted by Gasteiger charge is -2.24. The summed E-state index contributed by atoms with van der Waals surface area (Å²) in [6, 6.07) is 0.286. The van der Waals surface area contributed by atoms with E-state index in [4.69, 9.17) is 4.98 Å². The highest BCUT2D eigenvalue weighted by Crippen LogP contribution is 2.44. The number of thiophene rings is 1. The van der Waals surface area contributed by atoms with E-state index in [1.165, 1.54) is 42.4 Å². The Labute approximate surface area is 173 Å². The number of nitrogens with one attached hydrogen (secondary N) is 1. The summed E-state index contributed by atoms with van der Waals surface area (Å²) >= 11 is 2.91.